The molecule has 3 aromatic heterocycles. The van der Waals surface area contributed by atoms with Crippen molar-refractivity contribution in [3.8, 4) is 50.9 Å². The molecule has 6 aromatic carbocycles. The molecule has 1 unspecified atom stereocenters. The van der Waals surface area contributed by atoms with Crippen molar-refractivity contribution in [1.82, 2.24) is 14.1 Å². The summed E-state index contributed by atoms with van der Waals surface area (Å²) in [4.78, 5) is 4.89. The highest BCUT2D eigenvalue weighted by Gasteiger charge is 2.24. The summed E-state index contributed by atoms with van der Waals surface area (Å²) >= 11 is 0. The van der Waals surface area contributed by atoms with E-state index in [1.54, 1.807) is 0 Å². The largest absolute Gasteiger partial charge is 0.458 e. The Kier molecular flexibility index (Phi) is 10.5. The van der Waals surface area contributed by atoms with Crippen LogP contribution in [0.4, 0.5) is 0 Å². The van der Waals surface area contributed by atoms with Crippen LogP contribution in [-0.4, -0.2) is 14.1 Å². The number of fused-ring (bicyclic) bond motifs is 3. The molecule has 0 aliphatic rings. The van der Waals surface area contributed by atoms with Gasteiger partial charge in [-0.15, -0.1) is 0 Å². The Morgan fingerprint density at radius 1 is 0.597 bits per heavy atom. The maximum Gasteiger partial charge on any atom is 0.268 e. The van der Waals surface area contributed by atoms with Gasteiger partial charge in [0.2, 0.25) is 0 Å². The molecule has 0 N–H and O–H groups in total. The van der Waals surface area contributed by atoms with Crippen molar-refractivity contribution < 1.29 is 9.30 Å². The van der Waals surface area contributed by atoms with Crippen molar-refractivity contribution in [2.24, 2.45) is 5.92 Å². The molecule has 5 nitrogen and oxygen atoms in total. The molecule has 0 fully saturated rings. The molecule has 0 saturated carbocycles. The van der Waals surface area contributed by atoms with Gasteiger partial charge in [-0.25, -0.2) is 4.98 Å². The van der Waals surface area contributed by atoms with E-state index in [-0.39, 0.29) is 10.8 Å². The second-order valence-corrected chi connectivity index (χ2v) is 19.1. The number of aromatic nitrogens is 4. The second kappa shape index (κ2) is 16.0. The summed E-state index contributed by atoms with van der Waals surface area (Å²) in [6, 6.07) is 52.0. The number of ether oxygens (including phenoxy) is 1. The number of pyridine rings is 1. The first kappa shape index (κ1) is 40.7. The van der Waals surface area contributed by atoms with Gasteiger partial charge in [0.05, 0.1) is 22.4 Å². The van der Waals surface area contributed by atoms with Gasteiger partial charge in [0.25, 0.3) is 6.33 Å². The lowest BCUT2D eigenvalue weighted by molar-refractivity contribution is -0.598. The third kappa shape index (κ3) is 7.84. The van der Waals surface area contributed by atoms with E-state index < -0.39 is 0 Å². The Morgan fingerprint density at radius 2 is 1.26 bits per heavy atom. The summed E-state index contributed by atoms with van der Waals surface area (Å²) in [6.07, 6.45) is 9.81. The van der Waals surface area contributed by atoms with Crippen LogP contribution >= 0.6 is 0 Å². The third-order valence-electron chi connectivity index (χ3n) is 12.4. The molecule has 0 spiro atoms. The van der Waals surface area contributed by atoms with Gasteiger partial charge in [0.15, 0.2) is 0 Å². The molecule has 3 heterocycles. The molecule has 62 heavy (non-hydrogen) atoms. The van der Waals surface area contributed by atoms with Crippen molar-refractivity contribution in [2.75, 3.05) is 0 Å². The van der Waals surface area contributed by atoms with Gasteiger partial charge in [0.1, 0.15) is 17.3 Å². The van der Waals surface area contributed by atoms with Crippen LogP contribution in [0.15, 0.2) is 164 Å². The monoisotopic (exact) mass is 812 g/mol. The van der Waals surface area contributed by atoms with Gasteiger partial charge in [-0.05, 0) is 110 Å². The normalized spacial score (nSPS) is 12.7. The van der Waals surface area contributed by atoms with Crippen LogP contribution in [0.2, 0.25) is 0 Å². The summed E-state index contributed by atoms with van der Waals surface area (Å²) in [6.45, 7) is 20.6. The van der Waals surface area contributed by atoms with Gasteiger partial charge >= 0.3 is 0 Å². The molecule has 0 bridgehead atoms. The first-order valence-electron chi connectivity index (χ1n) is 21.9. The van der Waals surface area contributed by atoms with Crippen molar-refractivity contribution in [2.45, 2.75) is 79.1 Å². The lowest BCUT2D eigenvalue weighted by Gasteiger charge is -2.27. The Labute approximate surface area is 366 Å². The molecule has 310 valence electrons. The van der Waals surface area contributed by atoms with Gasteiger partial charge in [-0.1, -0.05) is 153 Å². The molecule has 0 aliphatic heterocycles. The van der Waals surface area contributed by atoms with Crippen LogP contribution in [0.25, 0.3) is 61.3 Å². The number of rotatable bonds is 9. The highest BCUT2D eigenvalue weighted by molar-refractivity contribution is 6.09. The molecule has 0 aliphatic carbocycles. The quantitative estimate of drug-likeness (QED) is 0.107. The van der Waals surface area contributed by atoms with Crippen molar-refractivity contribution >= 4 is 21.8 Å². The lowest BCUT2D eigenvalue weighted by Crippen LogP contribution is -2.30. The molecule has 1 atom stereocenters. The fraction of sp³-hybridized carbons (Fsp3) is 0.228. The van der Waals surface area contributed by atoms with Crippen molar-refractivity contribution in [1.29, 1.82) is 0 Å². The van der Waals surface area contributed by atoms with E-state index >= 15 is 0 Å². The first-order valence-corrected chi connectivity index (χ1v) is 21.9. The van der Waals surface area contributed by atoms with E-state index in [4.69, 9.17) is 9.72 Å². The summed E-state index contributed by atoms with van der Waals surface area (Å²) < 4.78 is 13.1. The summed E-state index contributed by atoms with van der Waals surface area (Å²) in [5, 5.41) is 2.34. The maximum atomic E-state index is 6.68. The molecule has 5 heteroatoms. The van der Waals surface area contributed by atoms with Crippen LogP contribution in [0.5, 0.6) is 11.5 Å². The van der Waals surface area contributed by atoms with Crippen LogP contribution in [0.3, 0.4) is 0 Å². The lowest BCUT2D eigenvalue weighted by atomic mass is 9.78. The Hall–Kier alpha value is -6.72. The Balaban J connectivity index is 1.10. The summed E-state index contributed by atoms with van der Waals surface area (Å²) in [7, 11) is 0. The van der Waals surface area contributed by atoms with Gasteiger partial charge < -0.3 is 4.74 Å². The zero-order valence-corrected chi connectivity index (χ0v) is 37.4. The van der Waals surface area contributed by atoms with E-state index in [0.29, 0.717) is 11.8 Å². The van der Waals surface area contributed by atoms with E-state index in [1.165, 1.54) is 27.6 Å². The number of hydrogen-bond acceptors (Lipinski definition) is 2. The van der Waals surface area contributed by atoms with Crippen LogP contribution < -0.4 is 9.30 Å². The number of hydrogen-bond donors (Lipinski definition) is 0. The van der Waals surface area contributed by atoms with Crippen LogP contribution in [-0.2, 0) is 10.8 Å². The topological polar surface area (TPSA) is 35.9 Å². The average Bonchev–Trinajstić information content (AvgIpc) is 3.89. The third-order valence-corrected chi connectivity index (χ3v) is 12.4. The Morgan fingerprint density at radius 3 is 1.98 bits per heavy atom. The minimum atomic E-state index is -0.0117. The van der Waals surface area contributed by atoms with Gasteiger partial charge in [0, 0.05) is 35.4 Å². The molecular formula is C57H56N4O. The fourth-order valence-corrected chi connectivity index (χ4v) is 8.44. The zero-order valence-electron chi connectivity index (χ0n) is 37.4. The maximum absolute atomic E-state index is 6.68. The zero-order chi connectivity index (χ0) is 43.3. The van der Waals surface area contributed by atoms with E-state index in [2.05, 4.69) is 224 Å². The molecule has 9 aromatic rings. The summed E-state index contributed by atoms with van der Waals surface area (Å²) in [5.74, 6) is 3.34. The smallest absolute Gasteiger partial charge is 0.268 e. The highest BCUT2D eigenvalue weighted by atomic mass is 16.5. The minimum Gasteiger partial charge on any atom is -0.458 e. The van der Waals surface area contributed by atoms with Crippen LogP contribution in [0, 0.1) is 12.2 Å². The molecule has 0 radical (unpaired) electrons. The Bertz CT molecular complexity index is 3030. The SMILES string of the molecule is CC(C)C(C)c1ccnc(-n2c3ccccc3c3ccc(Oc4cccc(-n5[c-][n+](-c6c(-c7ccccc7)cccc6-c6cc(C(C)(C)C)cc(C(C)(C)C)c6)cc5)c4)cc32)c1. The summed E-state index contributed by atoms with van der Waals surface area (Å²) in [5.41, 5.74) is 12.8. The van der Waals surface area contributed by atoms with Gasteiger partial charge in [-0.2, -0.15) is 0 Å². The predicted molar refractivity (Wildman–Crippen MR) is 256 cm³/mol. The minimum absolute atomic E-state index is 0.0117. The van der Waals surface area contributed by atoms with E-state index in [1.807, 2.05) is 22.9 Å². The molecular weight excluding hydrogens is 757 g/mol. The number of para-hydroxylation sites is 2. The standard InChI is InChI=1S/C57H56N4O/c1-38(2)39(3)41-27-28-58-54(33-41)61-52-24-14-13-21-50(52)51-26-25-47(36-53(51)61)62-46-20-15-19-45(35-46)59-29-30-60(37-59)55-48(40-17-11-10-12-18-40)22-16-23-49(55)42-31-43(56(4,5)6)34-44(32-42)57(7,8)9/h10-36,38-39H,1-9H3. The fourth-order valence-electron chi connectivity index (χ4n) is 8.44. The predicted octanol–water partition coefficient (Wildman–Crippen LogP) is 14.5. The van der Waals surface area contributed by atoms with Crippen molar-refractivity contribution in [3.63, 3.8) is 0 Å². The number of imidazole rings is 1. The van der Waals surface area contributed by atoms with E-state index in [9.17, 15) is 0 Å². The first-order chi connectivity index (χ1) is 29.7. The number of nitrogens with zero attached hydrogens (tertiary/aromatic N) is 4. The van der Waals surface area contributed by atoms with Crippen LogP contribution in [0.1, 0.15) is 84.9 Å². The van der Waals surface area contributed by atoms with Gasteiger partial charge in [-0.3, -0.25) is 13.7 Å². The van der Waals surface area contributed by atoms with Crippen molar-refractivity contribution in [3.05, 3.63) is 187 Å². The molecule has 9 rings (SSSR count). The highest BCUT2D eigenvalue weighted by Crippen LogP contribution is 2.39. The van der Waals surface area contributed by atoms with E-state index in [0.717, 1.165) is 61.8 Å². The average molecular weight is 813 g/mol. The second-order valence-electron chi connectivity index (χ2n) is 19.1. The molecule has 0 saturated heterocycles. The number of benzene rings is 6. The molecule has 0 amide bonds.